The van der Waals surface area contributed by atoms with Gasteiger partial charge in [-0.05, 0) is 44.9 Å². The largest absolute Gasteiger partial charge is 0.497 e. The van der Waals surface area contributed by atoms with Crippen molar-refractivity contribution in [2.75, 3.05) is 40.5 Å². The molecule has 29 heavy (non-hydrogen) atoms. The lowest BCUT2D eigenvalue weighted by Crippen LogP contribution is -2.39. The van der Waals surface area contributed by atoms with E-state index in [-0.39, 0.29) is 5.91 Å². The van der Waals surface area contributed by atoms with Crippen LogP contribution in [0.25, 0.3) is 0 Å². The minimum absolute atomic E-state index is 0.0211. The van der Waals surface area contributed by atoms with E-state index in [1.165, 1.54) is 11.1 Å². The first kappa shape index (κ1) is 22.9. The van der Waals surface area contributed by atoms with Crippen LogP contribution in [0.2, 0.25) is 0 Å². The molecule has 0 saturated carbocycles. The molecule has 2 rings (SSSR count). The minimum atomic E-state index is 0.0211. The van der Waals surface area contributed by atoms with E-state index >= 15 is 0 Å². The summed E-state index contributed by atoms with van der Waals surface area (Å²) in [5.74, 6) is 0.858. The number of hydrogen-bond donors (Lipinski definition) is 1. The second kappa shape index (κ2) is 11.6. The lowest BCUT2D eigenvalue weighted by atomic mass is 10.1. The van der Waals surface area contributed by atoms with Crippen LogP contribution in [-0.2, 0) is 29.0 Å². The second-order valence-corrected chi connectivity index (χ2v) is 7.12. The van der Waals surface area contributed by atoms with E-state index in [1.54, 1.807) is 14.2 Å². The molecule has 0 spiro atoms. The van der Waals surface area contributed by atoms with Crippen molar-refractivity contribution in [1.29, 1.82) is 0 Å². The van der Waals surface area contributed by atoms with E-state index in [1.807, 2.05) is 35.9 Å². The summed E-state index contributed by atoms with van der Waals surface area (Å²) in [6.07, 6.45) is 0.787. The predicted molar refractivity (Wildman–Crippen MR) is 114 cm³/mol. The highest BCUT2D eigenvalue weighted by Gasteiger charge is 2.17. The summed E-state index contributed by atoms with van der Waals surface area (Å²) in [6, 6.07) is 7.91. The van der Waals surface area contributed by atoms with E-state index in [0.29, 0.717) is 32.8 Å². The van der Waals surface area contributed by atoms with Crippen LogP contribution in [0.15, 0.2) is 24.3 Å². The Bertz CT molecular complexity index is 771. The standard InChI is InChI=1S/C22H34N4O3/c1-6-26-18(3)21(17(2)24-26)15-25(13-14-28-4)16-22(27)23-12-11-19-7-9-20(29-5)10-8-19/h7-10H,6,11-16H2,1-5H3,(H,23,27). The molecule has 0 aliphatic rings. The van der Waals surface area contributed by atoms with Crippen molar-refractivity contribution < 1.29 is 14.3 Å². The SMILES string of the molecule is CCn1nc(C)c(CN(CCOC)CC(=O)NCCc2ccc(OC)cc2)c1C. The van der Waals surface area contributed by atoms with Gasteiger partial charge in [0.1, 0.15) is 5.75 Å². The second-order valence-electron chi connectivity index (χ2n) is 7.12. The number of nitrogens with zero attached hydrogens (tertiary/aromatic N) is 3. The average molecular weight is 403 g/mol. The number of aryl methyl sites for hydroxylation is 2. The first-order valence-electron chi connectivity index (χ1n) is 10.1. The smallest absolute Gasteiger partial charge is 0.234 e. The molecule has 0 aliphatic carbocycles. The van der Waals surface area contributed by atoms with Crippen LogP contribution in [0.4, 0.5) is 0 Å². The molecule has 7 heteroatoms. The van der Waals surface area contributed by atoms with Gasteiger partial charge in [-0.25, -0.2) is 0 Å². The third-order valence-corrected chi connectivity index (χ3v) is 5.09. The van der Waals surface area contributed by atoms with Crippen molar-refractivity contribution in [3.63, 3.8) is 0 Å². The molecule has 7 nitrogen and oxygen atoms in total. The summed E-state index contributed by atoms with van der Waals surface area (Å²) < 4.78 is 12.4. The molecule has 1 aromatic carbocycles. The maximum absolute atomic E-state index is 12.5. The van der Waals surface area contributed by atoms with Crippen LogP contribution in [0, 0.1) is 13.8 Å². The number of rotatable bonds is 12. The van der Waals surface area contributed by atoms with E-state index in [9.17, 15) is 4.79 Å². The van der Waals surface area contributed by atoms with Gasteiger partial charge in [-0.15, -0.1) is 0 Å². The van der Waals surface area contributed by atoms with E-state index < -0.39 is 0 Å². The highest BCUT2D eigenvalue weighted by atomic mass is 16.5. The summed E-state index contributed by atoms with van der Waals surface area (Å²) in [5.41, 5.74) is 4.54. The van der Waals surface area contributed by atoms with Gasteiger partial charge in [0.05, 0.1) is 26.0 Å². The van der Waals surface area contributed by atoms with Gasteiger partial charge in [0.25, 0.3) is 0 Å². The maximum atomic E-state index is 12.5. The summed E-state index contributed by atoms with van der Waals surface area (Å²) in [5, 5.41) is 7.61. The predicted octanol–water partition coefficient (Wildman–Crippen LogP) is 2.34. The Balaban J connectivity index is 1.89. The number of nitrogens with one attached hydrogen (secondary N) is 1. The fourth-order valence-corrected chi connectivity index (χ4v) is 3.33. The Morgan fingerprint density at radius 3 is 2.52 bits per heavy atom. The van der Waals surface area contributed by atoms with Gasteiger partial charge in [0.15, 0.2) is 0 Å². The number of ether oxygens (including phenoxy) is 2. The average Bonchev–Trinajstić information content (AvgIpc) is 3.00. The summed E-state index contributed by atoms with van der Waals surface area (Å²) in [4.78, 5) is 14.6. The molecular weight excluding hydrogens is 368 g/mol. The number of hydrogen-bond acceptors (Lipinski definition) is 5. The zero-order chi connectivity index (χ0) is 21.2. The van der Waals surface area contributed by atoms with Crippen LogP contribution < -0.4 is 10.1 Å². The number of amides is 1. The Morgan fingerprint density at radius 1 is 1.21 bits per heavy atom. The topological polar surface area (TPSA) is 68.6 Å². The summed E-state index contributed by atoms with van der Waals surface area (Å²) >= 11 is 0. The molecule has 0 fully saturated rings. The first-order valence-corrected chi connectivity index (χ1v) is 10.1. The Kier molecular flexibility index (Phi) is 9.15. The number of carbonyl (C=O) groups excluding carboxylic acids is 1. The molecule has 1 heterocycles. The third kappa shape index (κ3) is 6.87. The fourth-order valence-electron chi connectivity index (χ4n) is 3.33. The minimum Gasteiger partial charge on any atom is -0.497 e. The summed E-state index contributed by atoms with van der Waals surface area (Å²) in [7, 11) is 3.33. The molecule has 2 aromatic rings. The van der Waals surface area contributed by atoms with Crippen molar-refractivity contribution in [1.82, 2.24) is 20.0 Å². The van der Waals surface area contributed by atoms with Gasteiger partial charge in [-0.3, -0.25) is 14.4 Å². The molecule has 160 valence electrons. The lowest BCUT2D eigenvalue weighted by molar-refractivity contribution is -0.122. The van der Waals surface area contributed by atoms with E-state index in [2.05, 4.69) is 29.2 Å². The fraction of sp³-hybridized carbons (Fsp3) is 0.545. The van der Waals surface area contributed by atoms with Crippen LogP contribution in [0.1, 0.15) is 29.4 Å². The van der Waals surface area contributed by atoms with E-state index in [0.717, 1.165) is 30.1 Å². The molecule has 0 unspecified atom stereocenters. The number of carbonyl (C=O) groups is 1. The van der Waals surface area contributed by atoms with Crippen LogP contribution in [0.3, 0.4) is 0 Å². The normalized spacial score (nSPS) is 11.1. The van der Waals surface area contributed by atoms with Crippen molar-refractivity contribution in [3.8, 4) is 5.75 Å². The highest BCUT2D eigenvalue weighted by Crippen LogP contribution is 2.16. The van der Waals surface area contributed by atoms with E-state index in [4.69, 9.17) is 9.47 Å². The maximum Gasteiger partial charge on any atom is 0.234 e. The Hall–Kier alpha value is -2.38. The van der Waals surface area contributed by atoms with Gasteiger partial charge in [-0.2, -0.15) is 5.10 Å². The molecule has 0 radical (unpaired) electrons. The molecule has 0 bridgehead atoms. The van der Waals surface area contributed by atoms with Crippen molar-refractivity contribution in [2.45, 2.75) is 40.3 Å². The first-order chi connectivity index (χ1) is 14.0. The molecule has 1 N–H and O–H groups in total. The van der Waals surface area contributed by atoms with Crippen LogP contribution in [-0.4, -0.2) is 61.0 Å². The lowest BCUT2D eigenvalue weighted by Gasteiger charge is -2.22. The van der Waals surface area contributed by atoms with Gasteiger partial charge in [0, 0.05) is 44.5 Å². The van der Waals surface area contributed by atoms with Gasteiger partial charge in [-0.1, -0.05) is 12.1 Å². The molecule has 1 aromatic heterocycles. The third-order valence-electron chi connectivity index (χ3n) is 5.09. The molecule has 1 amide bonds. The molecular formula is C22H34N4O3. The summed E-state index contributed by atoms with van der Waals surface area (Å²) in [6.45, 7) is 9.95. The Morgan fingerprint density at radius 2 is 1.93 bits per heavy atom. The van der Waals surface area contributed by atoms with Gasteiger partial charge >= 0.3 is 0 Å². The number of benzene rings is 1. The van der Waals surface area contributed by atoms with Crippen LogP contribution in [0.5, 0.6) is 5.75 Å². The van der Waals surface area contributed by atoms with Gasteiger partial charge in [0.2, 0.25) is 5.91 Å². The Labute approximate surface area is 174 Å². The zero-order valence-corrected chi connectivity index (χ0v) is 18.3. The zero-order valence-electron chi connectivity index (χ0n) is 18.3. The van der Waals surface area contributed by atoms with Crippen LogP contribution >= 0.6 is 0 Å². The molecule has 0 atom stereocenters. The van der Waals surface area contributed by atoms with Crippen molar-refractivity contribution in [2.24, 2.45) is 0 Å². The quantitative estimate of drug-likeness (QED) is 0.590. The molecule has 0 aliphatic heterocycles. The highest BCUT2D eigenvalue weighted by molar-refractivity contribution is 5.78. The van der Waals surface area contributed by atoms with Crippen molar-refractivity contribution >= 4 is 5.91 Å². The number of aromatic nitrogens is 2. The number of methoxy groups -OCH3 is 2. The van der Waals surface area contributed by atoms with Gasteiger partial charge < -0.3 is 14.8 Å². The monoisotopic (exact) mass is 402 g/mol. The molecule has 0 saturated heterocycles. The van der Waals surface area contributed by atoms with Crippen molar-refractivity contribution in [3.05, 3.63) is 46.8 Å².